The Bertz CT molecular complexity index is 343. The molecule has 0 spiro atoms. The lowest BCUT2D eigenvalue weighted by Crippen LogP contribution is -2.28. The largest absolute Gasteiger partial charge is 0.407 e. The molecule has 0 bridgehead atoms. The molecule has 0 amide bonds. The van der Waals surface area contributed by atoms with Crippen molar-refractivity contribution < 1.29 is 13.2 Å². The van der Waals surface area contributed by atoms with E-state index in [1.165, 1.54) is 12.1 Å². The first kappa shape index (κ1) is 15.0. The average molecular weight is 325 g/mol. The Hall–Kier alpha value is 0.0300. The van der Waals surface area contributed by atoms with Gasteiger partial charge in [0.1, 0.15) is 6.04 Å². The number of benzene rings is 1. The van der Waals surface area contributed by atoms with E-state index in [1.54, 1.807) is 6.07 Å². The summed E-state index contributed by atoms with van der Waals surface area (Å²) in [5.74, 6) is 0. The lowest BCUT2D eigenvalue weighted by Gasteiger charge is -2.17. The van der Waals surface area contributed by atoms with Gasteiger partial charge in [-0.25, -0.2) is 0 Å². The molecule has 2 N–H and O–H groups in total. The third kappa shape index (κ3) is 3.83. The molecule has 1 aromatic rings. The standard InChI is InChI=1S/C8H6BrClF3N.ClH/c9-4-1-2-6(10)5(3-4)7(14)8(11,12)13;/h1-3,7H,14H2;1H/t7-;/m0./s1. The van der Waals surface area contributed by atoms with E-state index >= 15 is 0 Å². The number of halogens is 6. The van der Waals surface area contributed by atoms with Crippen molar-refractivity contribution >= 4 is 39.9 Å². The maximum atomic E-state index is 12.2. The van der Waals surface area contributed by atoms with Crippen LogP contribution in [0.5, 0.6) is 0 Å². The van der Waals surface area contributed by atoms with Gasteiger partial charge in [-0.2, -0.15) is 13.2 Å². The van der Waals surface area contributed by atoms with E-state index in [4.69, 9.17) is 17.3 Å². The van der Waals surface area contributed by atoms with Crippen LogP contribution in [0.1, 0.15) is 11.6 Å². The van der Waals surface area contributed by atoms with Gasteiger partial charge >= 0.3 is 6.18 Å². The molecular weight excluding hydrogens is 318 g/mol. The fraction of sp³-hybridized carbons (Fsp3) is 0.250. The molecular formula is C8H7BrCl2F3N. The monoisotopic (exact) mass is 323 g/mol. The van der Waals surface area contributed by atoms with Gasteiger partial charge in [-0.05, 0) is 23.8 Å². The number of hydrogen-bond donors (Lipinski definition) is 1. The molecule has 0 radical (unpaired) electrons. The fourth-order valence-corrected chi connectivity index (χ4v) is 1.54. The first-order valence-electron chi connectivity index (χ1n) is 3.59. The highest BCUT2D eigenvalue weighted by Gasteiger charge is 2.38. The summed E-state index contributed by atoms with van der Waals surface area (Å²) in [6.45, 7) is 0. The van der Waals surface area contributed by atoms with Crippen LogP contribution in [-0.4, -0.2) is 6.18 Å². The van der Waals surface area contributed by atoms with Crippen LogP contribution >= 0.6 is 39.9 Å². The van der Waals surface area contributed by atoms with Crippen LogP contribution in [0.25, 0.3) is 0 Å². The van der Waals surface area contributed by atoms with Gasteiger partial charge in [-0.15, -0.1) is 12.4 Å². The van der Waals surface area contributed by atoms with Crippen LogP contribution in [0.2, 0.25) is 5.02 Å². The smallest absolute Gasteiger partial charge is 0.316 e. The van der Waals surface area contributed by atoms with Gasteiger partial charge in [0.05, 0.1) is 0 Å². The lowest BCUT2D eigenvalue weighted by molar-refractivity contribution is -0.149. The minimum Gasteiger partial charge on any atom is -0.316 e. The first-order valence-corrected chi connectivity index (χ1v) is 4.76. The maximum Gasteiger partial charge on any atom is 0.407 e. The van der Waals surface area contributed by atoms with Crippen LogP contribution in [0.15, 0.2) is 22.7 Å². The Morgan fingerprint density at radius 3 is 2.33 bits per heavy atom. The van der Waals surface area contributed by atoms with Crippen molar-refractivity contribution in [1.82, 2.24) is 0 Å². The van der Waals surface area contributed by atoms with Crippen LogP contribution in [0.3, 0.4) is 0 Å². The van der Waals surface area contributed by atoms with Crippen LogP contribution in [-0.2, 0) is 0 Å². The lowest BCUT2D eigenvalue weighted by atomic mass is 10.1. The summed E-state index contributed by atoms with van der Waals surface area (Å²) in [5, 5.41) is 0.0121. The van der Waals surface area contributed by atoms with Crippen LogP contribution < -0.4 is 5.73 Å². The summed E-state index contributed by atoms with van der Waals surface area (Å²) >= 11 is 8.65. The Labute approximate surface area is 104 Å². The third-order valence-electron chi connectivity index (χ3n) is 1.65. The Morgan fingerprint density at radius 2 is 1.87 bits per heavy atom. The molecule has 0 saturated carbocycles. The average Bonchev–Trinajstić information content (AvgIpc) is 2.06. The zero-order valence-electron chi connectivity index (χ0n) is 7.18. The molecule has 0 aliphatic rings. The summed E-state index contributed by atoms with van der Waals surface area (Å²) in [6, 6.07) is 2.13. The van der Waals surface area contributed by atoms with Crippen molar-refractivity contribution in [1.29, 1.82) is 0 Å². The number of nitrogens with two attached hydrogens (primary N) is 1. The van der Waals surface area contributed by atoms with Gasteiger partial charge in [0.25, 0.3) is 0 Å². The predicted octanol–water partition coefficient (Wildman–Crippen LogP) is 4.09. The molecule has 1 rings (SSSR count). The second-order valence-electron chi connectivity index (χ2n) is 2.69. The quantitative estimate of drug-likeness (QED) is 0.827. The highest BCUT2D eigenvalue weighted by atomic mass is 79.9. The van der Waals surface area contributed by atoms with Gasteiger partial charge in [0.15, 0.2) is 0 Å². The van der Waals surface area contributed by atoms with E-state index < -0.39 is 12.2 Å². The van der Waals surface area contributed by atoms with E-state index in [1.807, 2.05) is 0 Å². The Balaban J connectivity index is 0.00000196. The van der Waals surface area contributed by atoms with Crippen molar-refractivity contribution in [2.75, 3.05) is 0 Å². The topological polar surface area (TPSA) is 26.0 Å². The van der Waals surface area contributed by atoms with E-state index in [0.717, 1.165) is 0 Å². The van der Waals surface area contributed by atoms with Crippen molar-refractivity contribution in [2.24, 2.45) is 5.73 Å². The van der Waals surface area contributed by atoms with Gasteiger partial charge in [-0.3, -0.25) is 0 Å². The number of hydrogen-bond acceptors (Lipinski definition) is 1. The molecule has 0 saturated heterocycles. The minimum atomic E-state index is -4.48. The summed E-state index contributed by atoms with van der Waals surface area (Å²) in [7, 11) is 0. The molecule has 86 valence electrons. The van der Waals surface area contributed by atoms with Crippen molar-refractivity contribution in [2.45, 2.75) is 12.2 Å². The molecule has 15 heavy (non-hydrogen) atoms. The molecule has 0 aromatic heterocycles. The van der Waals surface area contributed by atoms with E-state index in [-0.39, 0.29) is 23.0 Å². The molecule has 0 aliphatic heterocycles. The van der Waals surface area contributed by atoms with Gasteiger partial charge in [-0.1, -0.05) is 27.5 Å². The van der Waals surface area contributed by atoms with E-state index in [0.29, 0.717) is 4.47 Å². The molecule has 1 atom stereocenters. The maximum absolute atomic E-state index is 12.2. The summed E-state index contributed by atoms with van der Waals surface area (Å²) in [5.41, 5.74) is 4.88. The molecule has 7 heteroatoms. The van der Waals surface area contributed by atoms with Crippen LogP contribution in [0.4, 0.5) is 13.2 Å². The first-order chi connectivity index (χ1) is 6.32. The van der Waals surface area contributed by atoms with E-state index in [9.17, 15) is 13.2 Å². The SMILES string of the molecule is Cl.N[C@@H](c1cc(Br)ccc1Cl)C(F)(F)F. The number of alkyl halides is 3. The second-order valence-corrected chi connectivity index (χ2v) is 4.01. The van der Waals surface area contributed by atoms with Crippen molar-refractivity contribution in [3.8, 4) is 0 Å². The molecule has 0 aliphatic carbocycles. The highest BCUT2D eigenvalue weighted by molar-refractivity contribution is 9.10. The summed E-state index contributed by atoms with van der Waals surface area (Å²) < 4.78 is 37.3. The van der Waals surface area contributed by atoms with E-state index in [2.05, 4.69) is 15.9 Å². The van der Waals surface area contributed by atoms with Gasteiger partial charge < -0.3 is 5.73 Å². The second kappa shape index (κ2) is 5.39. The normalized spacial score (nSPS) is 13.2. The zero-order valence-corrected chi connectivity index (χ0v) is 10.3. The molecule has 0 unspecified atom stereocenters. The van der Waals surface area contributed by atoms with Gasteiger partial charge in [0, 0.05) is 9.50 Å². The molecule has 0 fully saturated rings. The third-order valence-corrected chi connectivity index (χ3v) is 2.48. The van der Waals surface area contributed by atoms with Gasteiger partial charge in [0.2, 0.25) is 0 Å². The van der Waals surface area contributed by atoms with Crippen LogP contribution in [0, 0.1) is 0 Å². The fourth-order valence-electron chi connectivity index (χ4n) is 0.929. The Kier molecular flexibility index (Phi) is 5.40. The summed E-state index contributed by atoms with van der Waals surface area (Å²) in [4.78, 5) is 0. The molecule has 1 aromatic carbocycles. The number of rotatable bonds is 1. The minimum absolute atomic E-state index is 0. The zero-order chi connectivity index (χ0) is 10.9. The molecule has 1 nitrogen and oxygen atoms in total. The molecule has 0 heterocycles. The summed E-state index contributed by atoms with van der Waals surface area (Å²) in [6.07, 6.45) is -4.48. The van der Waals surface area contributed by atoms with Crippen molar-refractivity contribution in [3.05, 3.63) is 33.3 Å². The highest BCUT2D eigenvalue weighted by Crippen LogP contribution is 2.35. The Morgan fingerprint density at radius 1 is 1.33 bits per heavy atom. The predicted molar refractivity (Wildman–Crippen MR) is 59.4 cm³/mol. The van der Waals surface area contributed by atoms with Crippen molar-refractivity contribution in [3.63, 3.8) is 0 Å².